The lowest BCUT2D eigenvalue weighted by Gasteiger charge is -2.19. The Labute approximate surface area is 113 Å². The predicted octanol–water partition coefficient (Wildman–Crippen LogP) is 2.06. The fourth-order valence-corrected chi connectivity index (χ4v) is 2.18. The lowest BCUT2D eigenvalue weighted by molar-refractivity contribution is -0.137. The van der Waals surface area contributed by atoms with Gasteiger partial charge in [0, 0.05) is 18.9 Å². The van der Waals surface area contributed by atoms with E-state index in [1.165, 1.54) is 0 Å². The summed E-state index contributed by atoms with van der Waals surface area (Å²) in [6, 6.07) is 2.84. The summed E-state index contributed by atoms with van der Waals surface area (Å²) in [6.45, 7) is 1.41. The number of halogens is 3. The van der Waals surface area contributed by atoms with Crippen molar-refractivity contribution < 1.29 is 22.8 Å². The number of carbonyl (C=O) groups is 2. The van der Waals surface area contributed by atoms with E-state index >= 15 is 0 Å². The van der Waals surface area contributed by atoms with Crippen LogP contribution in [-0.4, -0.2) is 11.8 Å². The molecule has 2 N–H and O–H groups in total. The fourth-order valence-electron chi connectivity index (χ4n) is 2.18. The van der Waals surface area contributed by atoms with Gasteiger partial charge in [-0.25, -0.2) is 4.90 Å². The minimum Gasteiger partial charge on any atom is -0.326 e. The summed E-state index contributed by atoms with van der Waals surface area (Å²) in [4.78, 5) is 24.6. The smallest absolute Gasteiger partial charge is 0.326 e. The Balaban J connectivity index is 2.48. The van der Waals surface area contributed by atoms with Crippen molar-refractivity contribution in [2.45, 2.75) is 26.1 Å². The molecule has 4 nitrogen and oxygen atoms in total. The van der Waals surface area contributed by atoms with Gasteiger partial charge in [-0.15, -0.1) is 0 Å². The number of hydrogen-bond donors (Lipinski definition) is 1. The monoisotopic (exact) mass is 286 g/mol. The van der Waals surface area contributed by atoms with Crippen LogP contribution in [0.3, 0.4) is 0 Å². The summed E-state index contributed by atoms with van der Waals surface area (Å²) >= 11 is 0. The third-order valence-corrected chi connectivity index (χ3v) is 3.24. The van der Waals surface area contributed by atoms with E-state index in [4.69, 9.17) is 5.73 Å². The molecule has 0 aliphatic carbocycles. The highest BCUT2D eigenvalue weighted by atomic mass is 19.4. The summed E-state index contributed by atoms with van der Waals surface area (Å²) in [5.41, 5.74) is 4.85. The lowest BCUT2D eigenvalue weighted by Crippen LogP contribution is -2.31. The number of nitrogens with zero attached hydrogens (tertiary/aromatic N) is 1. The molecule has 0 radical (unpaired) electrons. The molecular weight excluding hydrogens is 273 g/mol. The number of alkyl halides is 3. The van der Waals surface area contributed by atoms with Crippen LogP contribution in [0.2, 0.25) is 0 Å². The molecule has 0 bridgehead atoms. The molecule has 1 aliphatic heterocycles. The van der Waals surface area contributed by atoms with Crippen LogP contribution in [0.5, 0.6) is 0 Å². The van der Waals surface area contributed by atoms with E-state index in [-0.39, 0.29) is 24.2 Å². The van der Waals surface area contributed by atoms with Crippen molar-refractivity contribution >= 4 is 17.5 Å². The van der Waals surface area contributed by atoms with Crippen LogP contribution in [-0.2, 0) is 22.3 Å². The number of rotatable bonds is 2. The number of anilines is 1. The molecule has 1 fully saturated rings. The van der Waals surface area contributed by atoms with Gasteiger partial charge in [-0.1, -0.05) is 6.92 Å². The number of amides is 2. The van der Waals surface area contributed by atoms with Crippen molar-refractivity contribution in [3.8, 4) is 0 Å². The molecular formula is C13H13F3N2O2. The van der Waals surface area contributed by atoms with Crippen molar-refractivity contribution in [1.29, 1.82) is 0 Å². The predicted molar refractivity (Wildman–Crippen MR) is 65.6 cm³/mol. The molecule has 108 valence electrons. The first-order valence-electron chi connectivity index (χ1n) is 6.02. The Morgan fingerprint density at radius 1 is 1.35 bits per heavy atom. The second kappa shape index (κ2) is 4.90. The molecule has 1 aliphatic rings. The van der Waals surface area contributed by atoms with Gasteiger partial charge < -0.3 is 5.73 Å². The van der Waals surface area contributed by atoms with Crippen LogP contribution < -0.4 is 10.6 Å². The minimum absolute atomic E-state index is 0.0594. The number of carbonyl (C=O) groups excluding carboxylic acids is 2. The maximum absolute atomic E-state index is 12.6. The highest BCUT2D eigenvalue weighted by molar-refractivity contribution is 6.21. The molecule has 1 aromatic rings. The summed E-state index contributed by atoms with van der Waals surface area (Å²) in [5, 5.41) is 0. The van der Waals surface area contributed by atoms with Gasteiger partial charge in [-0.2, -0.15) is 13.2 Å². The average molecular weight is 286 g/mol. The lowest BCUT2D eigenvalue weighted by atomic mass is 10.1. The third kappa shape index (κ3) is 2.40. The van der Waals surface area contributed by atoms with Crippen LogP contribution >= 0.6 is 0 Å². The van der Waals surface area contributed by atoms with Crippen molar-refractivity contribution in [3.63, 3.8) is 0 Å². The fraction of sp³-hybridized carbons (Fsp3) is 0.385. The Hall–Kier alpha value is -1.89. The Morgan fingerprint density at radius 3 is 2.45 bits per heavy atom. The van der Waals surface area contributed by atoms with Gasteiger partial charge in [-0.3, -0.25) is 9.59 Å². The highest BCUT2D eigenvalue weighted by Gasteiger charge is 2.38. The zero-order valence-corrected chi connectivity index (χ0v) is 10.7. The number of nitrogens with two attached hydrogens (primary N) is 1. The van der Waals surface area contributed by atoms with E-state index in [0.29, 0.717) is 0 Å². The van der Waals surface area contributed by atoms with E-state index in [1.807, 2.05) is 0 Å². The average Bonchev–Trinajstić information content (AvgIpc) is 2.61. The van der Waals surface area contributed by atoms with Crippen molar-refractivity contribution in [2.24, 2.45) is 11.7 Å². The molecule has 1 heterocycles. The third-order valence-electron chi connectivity index (χ3n) is 3.24. The van der Waals surface area contributed by atoms with Crippen LogP contribution in [0.1, 0.15) is 24.5 Å². The zero-order valence-electron chi connectivity index (χ0n) is 10.7. The molecule has 7 heteroatoms. The first-order chi connectivity index (χ1) is 9.25. The Kier molecular flexibility index (Phi) is 3.56. The largest absolute Gasteiger partial charge is 0.416 e. The summed E-state index contributed by atoms with van der Waals surface area (Å²) in [6.07, 6.45) is -4.43. The molecule has 20 heavy (non-hydrogen) atoms. The number of benzene rings is 1. The van der Waals surface area contributed by atoms with Gasteiger partial charge in [0.15, 0.2) is 0 Å². The molecule has 1 saturated heterocycles. The van der Waals surface area contributed by atoms with Crippen LogP contribution in [0.15, 0.2) is 18.2 Å². The van der Waals surface area contributed by atoms with Crippen molar-refractivity contribution in [1.82, 2.24) is 0 Å². The SMILES string of the molecule is CC1CC(=O)N(c2ccc(C(F)(F)F)cc2CN)C1=O. The molecule has 1 atom stereocenters. The van der Waals surface area contributed by atoms with Gasteiger partial charge in [0.2, 0.25) is 11.8 Å². The topological polar surface area (TPSA) is 63.4 Å². The van der Waals surface area contributed by atoms with Crippen molar-refractivity contribution in [3.05, 3.63) is 29.3 Å². The second-order valence-corrected chi connectivity index (χ2v) is 4.72. The van der Waals surface area contributed by atoms with Crippen LogP contribution in [0, 0.1) is 5.92 Å². The quantitative estimate of drug-likeness (QED) is 0.846. The Bertz CT molecular complexity index is 569. The zero-order chi connectivity index (χ0) is 15.1. The van der Waals surface area contributed by atoms with Gasteiger partial charge in [-0.05, 0) is 23.8 Å². The molecule has 1 unspecified atom stereocenters. The standard InChI is InChI=1S/C13H13F3N2O2/c1-7-4-11(19)18(12(7)20)10-3-2-9(13(14,15)16)5-8(10)6-17/h2-3,5,7H,4,6,17H2,1H3. The maximum Gasteiger partial charge on any atom is 0.416 e. The molecule has 0 aromatic heterocycles. The second-order valence-electron chi connectivity index (χ2n) is 4.72. The number of imide groups is 1. The van der Waals surface area contributed by atoms with Crippen LogP contribution in [0.4, 0.5) is 18.9 Å². The van der Waals surface area contributed by atoms with E-state index in [0.717, 1.165) is 23.1 Å². The molecule has 2 rings (SSSR count). The van der Waals surface area contributed by atoms with E-state index in [9.17, 15) is 22.8 Å². The summed E-state index contributed by atoms with van der Waals surface area (Å²) in [7, 11) is 0. The molecule has 1 aromatic carbocycles. The summed E-state index contributed by atoms with van der Waals surface area (Å²) < 4.78 is 37.9. The van der Waals surface area contributed by atoms with E-state index in [2.05, 4.69) is 0 Å². The molecule has 0 saturated carbocycles. The Morgan fingerprint density at radius 2 is 2.00 bits per heavy atom. The van der Waals surface area contributed by atoms with Crippen LogP contribution in [0.25, 0.3) is 0 Å². The van der Waals surface area contributed by atoms with Gasteiger partial charge in [0.05, 0.1) is 11.3 Å². The number of hydrogen-bond acceptors (Lipinski definition) is 3. The van der Waals surface area contributed by atoms with Crippen molar-refractivity contribution in [2.75, 3.05) is 4.90 Å². The first-order valence-corrected chi connectivity index (χ1v) is 6.02. The summed E-state index contributed by atoms with van der Waals surface area (Å²) in [5.74, 6) is -1.29. The highest BCUT2D eigenvalue weighted by Crippen LogP contribution is 2.35. The first kappa shape index (κ1) is 14.5. The molecule has 0 spiro atoms. The van der Waals surface area contributed by atoms with Gasteiger partial charge >= 0.3 is 6.18 Å². The maximum atomic E-state index is 12.6. The van der Waals surface area contributed by atoms with Gasteiger partial charge in [0.1, 0.15) is 0 Å². The van der Waals surface area contributed by atoms with E-state index < -0.39 is 29.5 Å². The van der Waals surface area contributed by atoms with Gasteiger partial charge in [0.25, 0.3) is 0 Å². The normalized spacial score (nSPS) is 19.9. The minimum atomic E-state index is -4.49. The molecule has 2 amide bonds. The van der Waals surface area contributed by atoms with E-state index in [1.54, 1.807) is 6.92 Å².